The third kappa shape index (κ3) is 3.03. The smallest absolute Gasteiger partial charge is 0.225 e. The predicted octanol–water partition coefficient (Wildman–Crippen LogP) is 3.91. The van der Waals surface area contributed by atoms with Gasteiger partial charge in [0, 0.05) is 25.0 Å². The van der Waals surface area contributed by atoms with Crippen molar-refractivity contribution in [3.8, 4) is 0 Å². The fourth-order valence-corrected chi connectivity index (χ4v) is 3.33. The van der Waals surface area contributed by atoms with Crippen LogP contribution in [0.15, 0.2) is 6.07 Å². The van der Waals surface area contributed by atoms with Crippen LogP contribution in [0.25, 0.3) is 10.2 Å². The molecule has 0 bridgehead atoms. The zero-order chi connectivity index (χ0) is 14.9. The van der Waals surface area contributed by atoms with Gasteiger partial charge in [0.25, 0.3) is 0 Å². The Morgan fingerprint density at radius 1 is 1.30 bits per heavy atom. The van der Waals surface area contributed by atoms with Crippen LogP contribution in [0.4, 0.5) is 11.8 Å². The van der Waals surface area contributed by atoms with Gasteiger partial charge in [-0.3, -0.25) is 0 Å². The maximum Gasteiger partial charge on any atom is 0.225 e. The van der Waals surface area contributed by atoms with E-state index in [2.05, 4.69) is 61.0 Å². The maximum absolute atomic E-state index is 4.67. The molecule has 2 aromatic heterocycles. The molecule has 0 spiro atoms. The third-order valence-corrected chi connectivity index (χ3v) is 4.47. The van der Waals surface area contributed by atoms with Gasteiger partial charge in [-0.1, -0.05) is 13.8 Å². The van der Waals surface area contributed by atoms with Crippen molar-refractivity contribution in [3.05, 3.63) is 10.9 Å². The summed E-state index contributed by atoms with van der Waals surface area (Å²) in [5.74, 6) is 2.40. The summed E-state index contributed by atoms with van der Waals surface area (Å²) >= 11 is 1.72. The number of aryl methyl sites for hydroxylation is 1. The largest absolute Gasteiger partial charge is 0.357 e. The Bertz CT molecular complexity index is 591. The number of hydrogen-bond donors (Lipinski definition) is 1. The third-order valence-electron chi connectivity index (χ3n) is 3.53. The van der Waals surface area contributed by atoms with E-state index >= 15 is 0 Å². The van der Waals surface area contributed by atoms with Crippen LogP contribution in [0.5, 0.6) is 0 Å². The maximum atomic E-state index is 4.67. The first-order valence-electron chi connectivity index (χ1n) is 7.11. The summed E-state index contributed by atoms with van der Waals surface area (Å²) in [6.45, 7) is 8.89. The summed E-state index contributed by atoms with van der Waals surface area (Å²) in [7, 11) is 3.99. The lowest BCUT2D eigenvalue weighted by atomic mass is 10.0. The fraction of sp³-hybridized carbons (Fsp3) is 0.600. The van der Waals surface area contributed by atoms with Crippen LogP contribution in [0.3, 0.4) is 0 Å². The SMILES string of the molecule is CNc1nc(N(C)C(C)CC(C)C)c2cc(C)sc2n1. The first-order chi connectivity index (χ1) is 9.42. The first kappa shape index (κ1) is 15.0. The summed E-state index contributed by atoms with van der Waals surface area (Å²) in [6, 6.07) is 2.64. The van der Waals surface area contributed by atoms with Crippen molar-refractivity contribution < 1.29 is 0 Å². The van der Waals surface area contributed by atoms with Gasteiger partial charge in [0.1, 0.15) is 10.6 Å². The monoisotopic (exact) mass is 292 g/mol. The highest BCUT2D eigenvalue weighted by molar-refractivity contribution is 7.18. The highest BCUT2D eigenvalue weighted by Crippen LogP contribution is 2.32. The molecule has 0 aromatic carbocycles. The molecule has 0 radical (unpaired) electrons. The van der Waals surface area contributed by atoms with Crippen molar-refractivity contribution in [1.29, 1.82) is 0 Å². The van der Waals surface area contributed by atoms with Crippen LogP contribution in [-0.2, 0) is 0 Å². The van der Waals surface area contributed by atoms with E-state index in [4.69, 9.17) is 0 Å². The van der Waals surface area contributed by atoms with Crippen LogP contribution in [-0.4, -0.2) is 30.1 Å². The summed E-state index contributed by atoms with van der Waals surface area (Å²) < 4.78 is 0. The van der Waals surface area contributed by atoms with Crippen molar-refractivity contribution in [3.63, 3.8) is 0 Å². The number of anilines is 2. The number of nitrogens with zero attached hydrogens (tertiary/aromatic N) is 3. The average molecular weight is 292 g/mol. The van der Waals surface area contributed by atoms with E-state index in [1.165, 1.54) is 4.88 Å². The first-order valence-corrected chi connectivity index (χ1v) is 7.92. The molecule has 0 aliphatic rings. The lowest BCUT2D eigenvalue weighted by Crippen LogP contribution is -2.31. The van der Waals surface area contributed by atoms with Gasteiger partial charge in [-0.05, 0) is 32.3 Å². The Morgan fingerprint density at radius 3 is 2.60 bits per heavy atom. The van der Waals surface area contributed by atoms with Crippen molar-refractivity contribution >= 4 is 33.3 Å². The molecule has 0 aliphatic heterocycles. The fourth-order valence-electron chi connectivity index (χ4n) is 2.46. The molecule has 1 N–H and O–H groups in total. The second-order valence-electron chi connectivity index (χ2n) is 5.79. The van der Waals surface area contributed by atoms with Crippen molar-refractivity contribution in [2.75, 3.05) is 24.3 Å². The van der Waals surface area contributed by atoms with Gasteiger partial charge in [-0.2, -0.15) is 4.98 Å². The Kier molecular flexibility index (Phi) is 4.48. The van der Waals surface area contributed by atoms with E-state index in [9.17, 15) is 0 Å². The molecule has 110 valence electrons. The molecular formula is C15H24N4S. The van der Waals surface area contributed by atoms with E-state index < -0.39 is 0 Å². The molecule has 20 heavy (non-hydrogen) atoms. The number of hydrogen-bond acceptors (Lipinski definition) is 5. The lowest BCUT2D eigenvalue weighted by Gasteiger charge is -2.28. The second kappa shape index (κ2) is 5.95. The van der Waals surface area contributed by atoms with E-state index in [-0.39, 0.29) is 0 Å². The molecule has 0 saturated carbocycles. The zero-order valence-corrected chi connectivity index (χ0v) is 14.0. The number of fused-ring (bicyclic) bond motifs is 1. The minimum Gasteiger partial charge on any atom is -0.357 e. The summed E-state index contributed by atoms with van der Waals surface area (Å²) in [5, 5.41) is 4.22. The topological polar surface area (TPSA) is 41.1 Å². The average Bonchev–Trinajstić information content (AvgIpc) is 2.75. The van der Waals surface area contributed by atoms with E-state index in [1.807, 2.05) is 7.05 Å². The van der Waals surface area contributed by atoms with Gasteiger partial charge in [0.05, 0.1) is 5.39 Å². The second-order valence-corrected chi connectivity index (χ2v) is 7.02. The number of rotatable bonds is 5. The summed E-state index contributed by atoms with van der Waals surface area (Å²) in [5.41, 5.74) is 0. The predicted molar refractivity (Wildman–Crippen MR) is 89.0 cm³/mol. The molecule has 0 saturated heterocycles. The molecule has 0 aliphatic carbocycles. The number of nitrogens with one attached hydrogen (secondary N) is 1. The molecule has 1 unspecified atom stereocenters. The van der Waals surface area contributed by atoms with Crippen LogP contribution in [0.1, 0.15) is 32.1 Å². The summed E-state index contributed by atoms with van der Waals surface area (Å²) in [4.78, 5) is 13.8. The molecule has 0 fully saturated rings. The van der Waals surface area contributed by atoms with E-state index in [0.29, 0.717) is 17.9 Å². The number of aromatic nitrogens is 2. The van der Waals surface area contributed by atoms with Crippen LogP contribution < -0.4 is 10.2 Å². The Labute approximate surface area is 125 Å². The quantitative estimate of drug-likeness (QED) is 0.907. The molecule has 2 rings (SSSR count). The van der Waals surface area contributed by atoms with Gasteiger partial charge < -0.3 is 10.2 Å². The van der Waals surface area contributed by atoms with Crippen LogP contribution in [0.2, 0.25) is 0 Å². The molecule has 5 heteroatoms. The Hall–Kier alpha value is -1.36. The normalized spacial score (nSPS) is 12.9. The Balaban J connectivity index is 2.45. The molecule has 1 atom stereocenters. The lowest BCUT2D eigenvalue weighted by molar-refractivity contribution is 0.503. The highest BCUT2D eigenvalue weighted by Gasteiger charge is 2.18. The van der Waals surface area contributed by atoms with Gasteiger partial charge >= 0.3 is 0 Å². The van der Waals surface area contributed by atoms with Crippen LogP contribution in [0, 0.1) is 12.8 Å². The molecule has 4 nitrogen and oxygen atoms in total. The van der Waals surface area contributed by atoms with E-state index in [0.717, 1.165) is 22.5 Å². The van der Waals surface area contributed by atoms with Gasteiger partial charge in [0.2, 0.25) is 5.95 Å². The van der Waals surface area contributed by atoms with Crippen molar-refractivity contribution in [2.45, 2.75) is 40.2 Å². The van der Waals surface area contributed by atoms with Gasteiger partial charge in [0.15, 0.2) is 0 Å². The molecule has 0 amide bonds. The Morgan fingerprint density at radius 2 is 2.00 bits per heavy atom. The van der Waals surface area contributed by atoms with Crippen LogP contribution >= 0.6 is 11.3 Å². The zero-order valence-electron chi connectivity index (χ0n) is 13.2. The highest BCUT2D eigenvalue weighted by atomic mass is 32.1. The summed E-state index contributed by atoms with van der Waals surface area (Å²) in [6.07, 6.45) is 1.15. The van der Waals surface area contributed by atoms with E-state index in [1.54, 1.807) is 11.3 Å². The molecular weight excluding hydrogens is 268 g/mol. The minimum atomic E-state index is 0.456. The van der Waals surface area contributed by atoms with Gasteiger partial charge in [-0.25, -0.2) is 4.98 Å². The number of thiophene rings is 1. The molecule has 2 aromatic rings. The van der Waals surface area contributed by atoms with Crippen molar-refractivity contribution in [1.82, 2.24) is 9.97 Å². The minimum absolute atomic E-state index is 0.456. The standard InChI is InChI=1S/C15H24N4S/c1-9(2)7-10(3)19(6)13-12-8-11(4)20-14(12)18-15(16-5)17-13/h8-10H,7H2,1-6H3,(H,16,17,18). The van der Waals surface area contributed by atoms with Gasteiger partial charge in [-0.15, -0.1) is 11.3 Å². The van der Waals surface area contributed by atoms with Crippen molar-refractivity contribution in [2.24, 2.45) is 5.92 Å². The molecule has 2 heterocycles.